The second kappa shape index (κ2) is 6.29. The van der Waals surface area contributed by atoms with Crippen molar-refractivity contribution >= 4 is 8.07 Å². The Balaban J connectivity index is 0.909. The van der Waals surface area contributed by atoms with E-state index in [0.717, 1.165) is 82.9 Å². The predicted octanol–water partition coefficient (Wildman–Crippen LogP) is 8.30. The van der Waals surface area contributed by atoms with Crippen LogP contribution in [0.4, 0.5) is 0 Å². The van der Waals surface area contributed by atoms with Crippen molar-refractivity contribution in [1.29, 1.82) is 0 Å². The minimum atomic E-state index is -1.44. The Hall–Kier alpha value is -0.303. The molecule has 0 saturated heterocycles. The zero-order chi connectivity index (χ0) is 22.9. The Bertz CT molecular complexity index is 829. The summed E-state index contributed by atoms with van der Waals surface area (Å²) in [5.41, 5.74) is 6.93. The summed E-state index contributed by atoms with van der Waals surface area (Å²) in [4.78, 5) is 0. The van der Waals surface area contributed by atoms with E-state index in [1.54, 1.807) is 77.0 Å². The molecule has 0 N–H and O–H groups in total. The number of hydrogen-bond donors (Lipinski definition) is 0. The first-order valence-electron chi connectivity index (χ1n) is 16.3. The van der Waals surface area contributed by atoms with Crippen molar-refractivity contribution in [3.8, 4) is 0 Å². The highest BCUT2D eigenvalue weighted by Crippen LogP contribution is 2.76. The van der Waals surface area contributed by atoms with Gasteiger partial charge in [0.1, 0.15) is 0 Å². The molecule has 0 heterocycles. The van der Waals surface area contributed by atoms with E-state index in [9.17, 15) is 0 Å². The lowest BCUT2D eigenvalue weighted by Gasteiger charge is -2.72. The first-order chi connectivity index (χ1) is 16.9. The van der Waals surface area contributed by atoms with Crippen molar-refractivity contribution < 1.29 is 0 Å². The van der Waals surface area contributed by atoms with Crippen molar-refractivity contribution in [2.75, 3.05) is 0 Å². The molecule has 0 aromatic rings. The summed E-state index contributed by atoms with van der Waals surface area (Å²) in [5.74, 6) is 16.0. The third-order valence-corrected chi connectivity index (χ3v) is 17.9. The Morgan fingerprint density at radius 1 is 0.429 bits per heavy atom. The maximum absolute atomic E-state index is 2.89. The van der Waals surface area contributed by atoms with E-state index in [2.05, 4.69) is 36.6 Å². The fourth-order valence-corrected chi connectivity index (χ4v) is 16.9. The van der Waals surface area contributed by atoms with Crippen molar-refractivity contribution in [2.24, 2.45) is 93.7 Å². The van der Waals surface area contributed by atoms with Gasteiger partial charge in [-0.2, -0.15) is 0 Å². The van der Waals surface area contributed by atoms with Crippen molar-refractivity contribution in [2.45, 2.75) is 90.1 Å². The molecule has 0 unspecified atom stereocenters. The van der Waals surface area contributed by atoms with Crippen molar-refractivity contribution in [3.63, 3.8) is 0 Å². The molecule has 188 valence electrons. The second-order valence-corrected chi connectivity index (χ2v) is 21.9. The van der Waals surface area contributed by atoms with Gasteiger partial charge in [0.25, 0.3) is 0 Å². The summed E-state index contributed by atoms with van der Waals surface area (Å²) in [7, 11) is -1.44. The highest BCUT2D eigenvalue weighted by atomic mass is 28.3. The Labute approximate surface area is 215 Å². The Morgan fingerprint density at radius 2 is 0.686 bits per heavy atom. The van der Waals surface area contributed by atoms with E-state index in [1.807, 2.05) is 0 Å². The maximum atomic E-state index is 2.89. The fraction of sp³-hybridized carbons (Fsp3) is 0.882. The standard InChI is InChI=1S/C34H48Si/c1-35(2,5-3-33-13-27-21-7-19-8-22(27)29(15-33)23(9-19)28(21)14-33)6-4-34-16-30-24-10-20-11-25(30)32(18-34)26(12-20)31(24)17-34/h3-6,19-32H,7-18H2,1-2H3/b5-3+,6-4+. The van der Waals surface area contributed by atoms with Crippen LogP contribution in [0.15, 0.2) is 23.6 Å². The van der Waals surface area contributed by atoms with Gasteiger partial charge in [0.15, 0.2) is 0 Å². The van der Waals surface area contributed by atoms with E-state index < -0.39 is 8.07 Å². The van der Waals surface area contributed by atoms with Gasteiger partial charge in [0.2, 0.25) is 0 Å². The van der Waals surface area contributed by atoms with Crippen LogP contribution in [0.1, 0.15) is 77.0 Å². The predicted molar refractivity (Wildman–Crippen MR) is 145 cm³/mol. The lowest BCUT2D eigenvalue weighted by atomic mass is 9.33. The smallest absolute Gasteiger partial charge is 0.0942 e. The lowest BCUT2D eigenvalue weighted by molar-refractivity contribution is -0.221. The summed E-state index contributed by atoms with van der Waals surface area (Å²) < 4.78 is 0. The zero-order valence-corrected chi connectivity index (χ0v) is 23.4. The zero-order valence-electron chi connectivity index (χ0n) is 22.4. The highest BCUT2D eigenvalue weighted by Gasteiger charge is 2.68. The van der Waals surface area contributed by atoms with Gasteiger partial charge in [-0.05, 0) is 171 Å². The summed E-state index contributed by atoms with van der Waals surface area (Å²) in [6.07, 6.45) is 25.1. The molecule has 14 saturated carbocycles. The van der Waals surface area contributed by atoms with Crippen LogP contribution in [0.5, 0.6) is 0 Å². The Morgan fingerprint density at radius 3 is 0.943 bits per heavy atom. The SMILES string of the molecule is C[Si](C)(/C=C/C12CC3C4CC5CC3C(C1)C(C5)C4C2)/C=C/C12CC3C4CC5CC3C(C1)C(C5)C4C2. The van der Waals surface area contributed by atoms with E-state index >= 15 is 0 Å². The van der Waals surface area contributed by atoms with E-state index in [1.165, 1.54) is 0 Å². The molecule has 0 spiro atoms. The molecular weight excluding hydrogens is 436 g/mol. The van der Waals surface area contributed by atoms with Crippen LogP contribution in [0, 0.1) is 93.7 Å². The van der Waals surface area contributed by atoms with Gasteiger partial charge in [-0.1, -0.05) is 36.6 Å². The molecule has 35 heavy (non-hydrogen) atoms. The summed E-state index contributed by atoms with van der Waals surface area (Å²) >= 11 is 0. The van der Waals surface area contributed by atoms with Crippen LogP contribution in [0.2, 0.25) is 13.1 Å². The van der Waals surface area contributed by atoms with Crippen LogP contribution in [0.25, 0.3) is 0 Å². The van der Waals surface area contributed by atoms with Gasteiger partial charge >= 0.3 is 0 Å². The van der Waals surface area contributed by atoms with Crippen molar-refractivity contribution in [1.82, 2.24) is 0 Å². The molecule has 0 nitrogen and oxygen atoms in total. The molecule has 14 aliphatic carbocycles. The molecular formula is C34H48Si. The van der Waals surface area contributed by atoms with Crippen LogP contribution in [0.3, 0.4) is 0 Å². The molecule has 14 rings (SSSR count). The second-order valence-electron chi connectivity index (χ2n) is 17.6. The molecule has 0 aromatic heterocycles. The average Bonchev–Trinajstić information content (AvgIpc) is 2.87. The van der Waals surface area contributed by atoms with Gasteiger partial charge in [-0.3, -0.25) is 0 Å². The molecule has 0 radical (unpaired) electrons. The quantitative estimate of drug-likeness (QED) is 0.352. The number of hydrogen-bond acceptors (Lipinski definition) is 0. The fourth-order valence-electron chi connectivity index (χ4n) is 15.2. The molecule has 1 heteroatoms. The van der Waals surface area contributed by atoms with E-state index in [-0.39, 0.29) is 0 Å². The normalized spacial score (nSPS) is 65.8. The van der Waals surface area contributed by atoms with Gasteiger partial charge < -0.3 is 0 Å². The monoisotopic (exact) mass is 484 g/mol. The molecule has 0 aromatic carbocycles. The summed E-state index contributed by atoms with van der Waals surface area (Å²) in [6.45, 7) is 5.33. The van der Waals surface area contributed by atoms with Crippen LogP contribution in [-0.4, -0.2) is 8.07 Å². The van der Waals surface area contributed by atoms with E-state index in [4.69, 9.17) is 0 Å². The number of rotatable bonds is 4. The third-order valence-electron chi connectivity index (χ3n) is 15.8. The minimum Gasteiger partial charge on any atom is -0.0942 e. The minimum absolute atomic E-state index is 0.616. The molecule has 0 amide bonds. The topological polar surface area (TPSA) is 0 Å². The average molecular weight is 485 g/mol. The lowest BCUT2D eigenvalue weighted by Crippen LogP contribution is -2.64. The van der Waals surface area contributed by atoms with Gasteiger partial charge in [0.05, 0.1) is 8.07 Å². The summed E-state index contributed by atoms with van der Waals surface area (Å²) in [5, 5.41) is 0. The third kappa shape index (κ3) is 2.53. The highest BCUT2D eigenvalue weighted by molar-refractivity contribution is 6.86. The van der Waals surface area contributed by atoms with Crippen LogP contribution >= 0.6 is 0 Å². The van der Waals surface area contributed by atoms with Crippen LogP contribution in [-0.2, 0) is 0 Å². The summed E-state index contributed by atoms with van der Waals surface area (Å²) in [6, 6.07) is 0. The van der Waals surface area contributed by atoms with Crippen molar-refractivity contribution in [3.05, 3.63) is 23.6 Å². The number of allylic oxidation sites excluding steroid dienone is 2. The van der Waals surface area contributed by atoms with Crippen LogP contribution < -0.4 is 0 Å². The molecule has 0 atom stereocenters. The molecule has 16 bridgehead atoms. The van der Waals surface area contributed by atoms with Gasteiger partial charge in [-0.15, -0.1) is 0 Å². The Kier molecular flexibility index (Phi) is 3.71. The molecule has 14 aliphatic rings. The molecule has 0 aliphatic heterocycles. The molecule has 14 fully saturated rings. The van der Waals surface area contributed by atoms with Gasteiger partial charge in [-0.25, -0.2) is 0 Å². The maximum Gasteiger partial charge on any atom is 0.0948 e. The van der Waals surface area contributed by atoms with Gasteiger partial charge in [0, 0.05) is 0 Å². The first-order valence-corrected chi connectivity index (χ1v) is 19.4. The first kappa shape index (κ1) is 20.6. The van der Waals surface area contributed by atoms with E-state index in [0.29, 0.717) is 10.8 Å². The largest absolute Gasteiger partial charge is 0.0948 e.